The van der Waals surface area contributed by atoms with E-state index in [0.717, 1.165) is 6.26 Å². The second-order valence-corrected chi connectivity index (χ2v) is 5.83. The molecular weight excluding hydrogens is 264 g/mol. The Hall–Kier alpha value is -2.39. The number of nitrogens with zero attached hydrogens (tertiary/aromatic N) is 2. The van der Waals surface area contributed by atoms with Gasteiger partial charge in [-0.2, -0.15) is 5.26 Å². The fourth-order valence-corrected chi connectivity index (χ4v) is 2.11. The molecule has 5 nitrogen and oxygen atoms in total. The van der Waals surface area contributed by atoms with Crippen LogP contribution in [0.3, 0.4) is 0 Å². The Kier molecular flexibility index (Phi) is 3.49. The van der Waals surface area contributed by atoms with Crippen molar-refractivity contribution in [3.63, 3.8) is 0 Å². The molecule has 1 heterocycles. The smallest absolute Gasteiger partial charge is 0.183 e. The molecule has 1 aromatic carbocycles. The minimum absolute atomic E-state index is 0.146. The van der Waals surface area contributed by atoms with Crippen molar-refractivity contribution in [1.29, 1.82) is 5.26 Å². The van der Waals surface area contributed by atoms with E-state index in [2.05, 4.69) is 4.98 Å². The highest BCUT2D eigenvalue weighted by Crippen LogP contribution is 2.25. The number of aromatic nitrogens is 1. The first kappa shape index (κ1) is 13.1. The molecule has 0 spiro atoms. The molecule has 0 aliphatic heterocycles. The van der Waals surface area contributed by atoms with Crippen LogP contribution in [0.1, 0.15) is 5.69 Å². The molecule has 1 aromatic heterocycles. The highest BCUT2D eigenvalue weighted by molar-refractivity contribution is 7.90. The van der Waals surface area contributed by atoms with Gasteiger partial charge in [0.15, 0.2) is 21.3 Å². The first-order valence-corrected chi connectivity index (χ1v) is 7.23. The maximum Gasteiger partial charge on any atom is 0.183 e. The SMILES string of the molecule is CS(=O)(=O)c1cccc(Oc2cccnc2C#N)c1. The number of pyridine rings is 1. The number of benzene rings is 1. The Labute approximate surface area is 111 Å². The fourth-order valence-electron chi connectivity index (χ4n) is 1.45. The van der Waals surface area contributed by atoms with Crippen LogP contribution in [0.15, 0.2) is 47.5 Å². The zero-order valence-electron chi connectivity index (χ0n) is 10.1. The molecule has 2 aromatic rings. The van der Waals surface area contributed by atoms with Gasteiger partial charge in [0.2, 0.25) is 0 Å². The van der Waals surface area contributed by atoms with Gasteiger partial charge in [0.25, 0.3) is 0 Å². The molecule has 0 atom stereocenters. The summed E-state index contributed by atoms with van der Waals surface area (Å²) in [6, 6.07) is 11.2. The average molecular weight is 274 g/mol. The summed E-state index contributed by atoms with van der Waals surface area (Å²) >= 11 is 0. The highest BCUT2D eigenvalue weighted by atomic mass is 32.2. The lowest BCUT2D eigenvalue weighted by Gasteiger charge is -2.07. The van der Waals surface area contributed by atoms with Gasteiger partial charge in [-0.15, -0.1) is 0 Å². The van der Waals surface area contributed by atoms with Crippen LogP contribution in [0.5, 0.6) is 11.5 Å². The number of hydrogen-bond donors (Lipinski definition) is 0. The number of rotatable bonds is 3. The fraction of sp³-hybridized carbons (Fsp3) is 0.0769. The van der Waals surface area contributed by atoms with Gasteiger partial charge >= 0.3 is 0 Å². The Morgan fingerprint density at radius 2 is 2.05 bits per heavy atom. The van der Waals surface area contributed by atoms with E-state index in [0.29, 0.717) is 5.75 Å². The van der Waals surface area contributed by atoms with E-state index in [9.17, 15) is 8.42 Å². The van der Waals surface area contributed by atoms with E-state index in [1.807, 2.05) is 6.07 Å². The van der Waals surface area contributed by atoms with Crippen LogP contribution in [-0.2, 0) is 9.84 Å². The van der Waals surface area contributed by atoms with Crippen molar-refractivity contribution < 1.29 is 13.2 Å². The van der Waals surface area contributed by atoms with E-state index < -0.39 is 9.84 Å². The molecule has 0 N–H and O–H groups in total. The van der Waals surface area contributed by atoms with Crippen LogP contribution in [0.2, 0.25) is 0 Å². The molecule has 0 fully saturated rings. The van der Waals surface area contributed by atoms with E-state index >= 15 is 0 Å². The second kappa shape index (κ2) is 5.08. The van der Waals surface area contributed by atoms with Crippen molar-refractivity contribution in [3.05, 3.63) is 48.3 Å². The maximum absolute atomic E-state index is 11.4. The van der Waals surface area contributed by atoms with E-state index in [-0.39, 0.29) is 16.3 Å². The molecule has 0 amide bonds. The molecule has 19 heavy (non-hydrogen) atoms. The van der Waals surface area contributed by atoms with Gasteiger partial charge in [-0.05, 0) is 30.3 Å². The van der Waals surface area contributed by atoms with E-state index in [4.69, 9.17) is 10.00 Å². The summed E-state index contributed by atoms with van der Waals surface area (Å²) in [6.07, 6.45) is 2.61. The van der Waals surface area contributed by atoms with Gasteiger partial charge in [-0.25, -0.2) is 13.4 Å². The molecule has 0 saturated heterocycles. The zero-order valence-corrected chi connectivity index (χ0v) is 10.9. The highest BCUT2D eigenvalue weighted by Gasteiger charge is 2.10. The van der Waals surface area contributed by atoms with Crippen molar-refractivity contribution in [1.82, 2.24) is 4.98 Å². The monoisotopic (exact) mass is 274 g/mol. The molecule has 2 rings (SSSR count). The molecule has 6 heteroatoms. The minimum atomic E-state index is -3.29. The average Bonchev–Trinajstić information content (AvgIpc) is 2.39. The van der Waals surface area contributed by atoms with Gasteiger partial charge in [-0.1, -0.05) is 6.07 Å². The van der Waals surface area contributed by atoms with Crippen LogP contribution >= 0.6 is 0 Å². The summed E-state index contributed by atoms with van der Waals surface area (Å²) in [5, 5.41) is 8.89. The summed E-state index contributed by atoms with van der Waals surface area (Å²) in [5.74, 6) is 0.628. The molecular formula is C13H10N2O3S. The zero-order chi connectivity index (χ0) is 13.9. The molecule has 0 aliphatic rings. The van der Waals surface area contributed by atoms with Crippen molar-refractivity contribution >= 4 is 9.84 Å². The van der Waals surface area contributed by atoms with Crippen LogP contribution in [0.25, 0.3) is 0 Å². The lowest BCUT2D eigenvalue weighted by Crippen LogP contribution is -1.97. The number of hydrogen-bond acceptors (Lipinski definition) is 5. The molecule has 0 bridgehead atoms. The van der Waals surface area contributed by atoms with E-state index in [1.54, 1.807) is 24.3 Å². The third kappa shape index (κ3) is 3.09. The van der Waals surface area contributed by atoms with Gasteiger partial charge in [0, 0.05) is 12.5 Å². The predicted octanol–water partition coefficient (Wildman–Crippen LogP) is 2.15. The number of nitriles is 1. The van der Waals surface area contributed by atoms with Crippen LogP contribution in [-0.4, -0.2) is 19.7 Å². The van der Waals surface area contributed by atoms with Crippen LogP contribution in [0, 0.1) is 11.3 Å². The Morgan fingerprint density at radius 1 is 1.26 bits per heavy atom. The van der Waals surface area contributed by atoms with E-state index in [1.165, 1.54) is 18.3 Å². The Morgan fingerprint density at radius 3 is 2.74 bits per heavy atom. The normalized spacial score (nSPS) is 10.7. The quantitative estimate of drug-likeness (QED) is 0.856. The van der Waals surface area contributed by atoms with Gasteiger partial charge in [0.1, 0.15) is 11.8 Å². The van der Waals surface area contributed by atoms with Crippen molar-refractivity contribution in [3.8, 4) is 17.6 Å². The van der Waals surface area contributed by atoms with Gasteiger partial charge < -0.3 is 4.74 Å². The summed E-state index contributed by atoms with van der Waals surface area (Å²) in [7, 11) is -3.29. The summed E-state index contributed by atoms with van der Waals surface area (Å²) < 4.78 is 28.4. The summed E-state index contributed by atoms with van der Waals surface area (Å²) in [4.78, 5) is 4.02. The minimum Gasteiger partial charge on any atom is -0.454 e. The molecule has 0 aliphatic carbocycles. The van der Waals surface area contributed by atoms with Gasteiger partial charge in [-0.3, -0.25) is 0 Å². The first-order chi connectivity index (χ1) is 9.00. The lowest BCUT2D eigenvalue weighted by atomic mass is 10.3. The summed E-state index contributed by atoms with van der Waals surface area (Å²) in [5.41, 5.74) is 0.146. The Bertz CT molecular complexity index is 748. The first-order valence-electron chi connectivity index (χ1n) is 5.34. The van der Waals surface area contributed by atoms with Crippen LogP contribution < -0.4 is 4.74 Å². The Balaban J connectivity index is 2.37. The topological polar surface area (TPSA) is 80.1 Å². The van der Waals surface area contributed by atoms with Crippen molar-refractivity contribution in [2.45, 2.75) is 4.90 Å². The maximum atomic E-state index is 11.4. The predicted molar refractivity (Wildman–Crippen MR) is 68.6 cm³/mol. The van der Waals surface area contributed by atoms with Crippen molar-refractivity contribution in [2.24, 2.45) is 0 Å². The molecule has 0 saturated carbocycles. The molecule has 96 valence electrons. The number of sulfone groups is 1. The molecule has 0 radical (unpaired) electrons. The van der Waals surface area contributed by atoms with Crippen molar-refractivity contribution in [2.75, 3.05) is 6.26 Å². The molecule has 0 unspecified atom stereocenters. The van der Waals surface area contributed by atoms with Gasteiger partial charge in [0.05, 0.1) is 4.90 Å². The largest absolute Gasteiger partial charge is 0.454 e. The summed E-state index contributed by atoms with van der Waals surface area (Å²) in [6.45, 7) is 0. The number of ether oxygens (including phenoxy) is 1. The van der Waals surface area contributed by atoms with Crippen LogP contribution in [0.4, 0.5) is 0 Å². The lowest BCUT2D eigenvalue weighted by molar-refractivity contribution is 0.476. The standard InChI is InChI=1S/C13H10N2O3S/c1-19(16,17)11-5-2-4-10(8-11)18-13-6-3-7-15-12(13)9-14/h2-8H,1H3. The third-order valence-electron chi connectivity index (χ3n) is 2.34. The third-order valence-corrected chi connectivity index (χ3v) is 3.45. The second-order valence-electron chi connectivity index (χ2n) is 3.81.